The summed E-state index contributed by atoms with van der Waals surface area (Å²) in [4.78, 5) is 14.6. The Labute approximate surface area is 135 Å². The van der Waals surface area contributed by atoms with Gasteiger partial charge >= 0.3 is 0 Å². The molecular formula is C16H22N4O3. The molecule has 3 rings (SSSR count). The average Bonchev–Trinajstić information content (AvgIpc) is 3.21. The second-order valence-corrected chi connectivity index (χ2v) is 6.15. The van der Waals surface area contributed by atoms with Gasteiger partial charge in [0.2, 0.25) is 0 Å². The van der Waals surface area contributed by atoms with Crippen molar-refractivity contribution < 1.29 is 14.1 Å². The van der Waals surface area contributed by atoms with Crippen LogP contribution in [0.4, 0.5) is 0 Å². The first kappa shape index (κ1) is 15.7. The molecule has 7 heteroatoms. The van der Waals surface area contributed by atoms with Gasteiger partial charge in [-0.25, -0.2) is 0 Å². The highest BCUT2D eigenvalue weighted by Crippen LogP contribution is 2.25. The van der Waals surface area contributed by atoms with Crippen LogP contribution in [0.5, 0.6) is 0 Å². The fraction of sp³-hybridized carbons (Fsp3) is 0.562. The van der Waals surface area contributed by atoms with Crippen molar-refractivity contribution in [3.63, 3.8) is 0 Å². The molecule has 0 unspecified atom stereocenters. The summed E-state index contributed by atoms with van der Waals surface area (Å²) in [5.41, 5.74) is 2.39. The molecule has 1 amide bonds. The second kappa shape index (κ2) is 6.16. The molecule has 0 aromatic carbocycles. The van der Waals surface area contributed by atoms with Crippen molar-refractivity contribution >= 4 is 5.91 Å². The van der Waals surface area contributed by atoms with Crippen LogP contribution in [-0.4, -0.2) is 52.0 Å². The van der Waals surface area contributed by atoms with Crippen molar-refractivity contribution in [3.8, 4) is 0 Å². The highest BCUT2D eigenvalue weighted by atomic mass is 16.5. The third-order valence-corrected chi connectivity index (χ3v) is 4.58. The SMILES string of the molecule is CO[C@H]1CN(C(=O)c2cnn(C)c2C)C[C@H]1Cc1cc(C)no1. The fourth-order valence-corrected chi connectivity index (χ4v) is 3.12. The van der Waals surface area contributed by atoms with Crippen molar-refractivity contribution in [2.24, 2.45) is 13.0 Å². The Bertz CT molecular complexity index is 706. The van der Waals surface area contributed by atoms with E-state index in [1.54, 1.807) is 18.0 Å². The minimum atomic E-state index is 0.00123. The number of rotatable bonds is 4. The minimum absolute atomic E-state index is 0.00123. The predicted molar refractivity (Wildman–Crippen MR) is 83.1 cm³/mol. The van der Waals surface area contributed by atoms with E-state index in [-0.39, 0.29) is 17.9 Å². The molecule has 2 aromatic heterocycles. The average molecular weight is 318 g/mol. The van der Waals surface area contributed by atoms with Gasteiger partial charge in [0, 0.05) is 51.3 Å². The molecule has 0 N–H and O–H groups in total. The monoisotopic (exact) mass is 318 g/mol. The zero-order valence-electron chi connectivity index (χ0n) is 13.9. The normalized spacial score (nSPS) is 21.1. The first-order chi connectivity index (χ1) is 11.0. The van der Waals surface area contributed by atoms with Crippen LogP contribution in [0, 0.1) is 19.8 Å². The van der Waals surface area contributed by atoms with Gasteiger partial charge in [0.15, 0.2) is 0 Å². The van der Waals surface area contributed by atoms with Gasteiger partial charge in [-0.3, -0.25) is 9.48 Å². The molecule has 1 saturated heterocycles. The third kappa shape index (κ3) is 3.01. The Kier molecular flexibility index (Phi) is 4.21. The van der Waals surface area contributed by atoms with Crippen LogP contribution in [0.2, 0.25) is 0 Å². The van der Waals surface area contributed by atoms with E-state index in [1.165, 1.54) is 0 Å². The van der Waals surface area contributed by atoms with Gasteiger partial charge < -0.3 is 14.2 Å². The maximum absolute atomic E-state index is 12.7. The number of carbonyl (C=O) groups excluding carboxylic acids is 1. The van der Waals surface area contributed by atoms with Crippen molar-refractivity contribution in [2.75, 3.05) is 20.2 Å². The van der Waals surface area contributed by atoms with Gasteiger partial charge in [-0.2, -0.15) is 5.10 Å². The van der Waals surface area contributed by atoms with Gasteiger partial charge in [-0.1, -0.05) is 5.16 Å². The summed E-state index contributed by atoms with van der Waals surface area (Å²) in [6.45, 7) is 5.03. The van der Waals surface area contributed by atoms with Crippen LogP contribution >= 0.6 is 0 Å². The van der Waals surface area contributed by atoms with E-state index in [1.807, 2.05) is 31.9 Å². The van der Waals surface area contributed by atoms with Crippen LogP contribution in [0.25, 0.3) is 0 Å². The van der Waals surface area contributed by atoms with Gasteiger partial charge in [0.05, 0.1) is 23.6 Å². The Hall–Kier alpha value is -2.15. The number of methoxy groups -OCH3 is 1. The highest BCUT2D eigenvalue weighted by Gasteiger charge is 2.37. The summed E-state index contributed by atoms with van der Waals surface area (Å²) in [6.07, 6.45) is 2.35. The zero-order chi connectivity index (χ0) is 16.6. The number of hydrogen-bond acceptors (Lipinski definition) is 5. The summed E-state index contributed by atoms with van der Waals surface area (Å²) >= 11 is 0. The molecule has 0 bridgehead atoms. The third-order valence-electron chi connectivity index (χ3n) is 4.58. The van der Waals surface area contributed by atoms with E-state index in [0.29, 0.717) is 18.7 Å². The molecule has 124 valence electrons. The summed E-state index contributed by atoms with van der Waals surface area (Å²) in [5.74, 6) is 1.04. The van der Waals surface area contributed by atoms with E-state index in [4.69, 9.17) is 9.26 Å². The zero-order valence-corrected chi connectivity index (χ0v) is 13.9. The Morgan fingerprint density at radius 1 is 1.43 bits per heavy atom. The maximum atomic E-state index is 12.7. The first-order valence-electron chi connectivity index (χ1n) is 7.72. The lowest BCUT2D eigenvalue weighted by atomic mass is 10.0. The maximum Gasteiger partial charge on any atom is 0.257 e. The van der Waals surface area contributed by atoms with Crippen molar-refractivity contribution in [1.29, 1.82) is 0 Å². The summed E-state index contributed by atoms with van der Waals surface area (Å²) in [7, 11) is 3.52. The first-order valence-corrected chi connectivity index (χ1v) is 7.72. The molecule has 2 aromatic rings. The van der Waals surface area contributed by atoms with Crippen LogP contribution in [-0.2, 0) is 18.2 Å². The quantitative estimate of drug-likeness (QED) is 0.851. The van der Waals surface area contributed by atoms with Gasteiger partial charge in [-0.05, 0) is 13.8 Å². The van der Waals surface area contributed by atoms with Crippen LogP contribution in [0.3, 0.4) is 0 Å². The smallest absolute Gasteiger partial charge is 0.257 e. The summed E-state index contributed by atoms with van der Waals surface area (Å²) in [5, 5.41) is 8.07. The molecule has 1 fully saturated rings. The number of hydrogen-bond donors (Lipinski definition) is 0. The number of aromatic nitrogens is 3. The van der Waals surface area contributed by atoms with E-state index in [0.717, 1.165) is 23.6 Å². The molecule has 7 nitrogen and oxygen atoms in total. The molecular weight excluding hydrogens is 296 g/mol. The number of ether oxygens (including phenoxy) is 1. The number of nitrogens with zero attached hydrogens (tertiary/aromatic N) is 4. The lowest BCUT2D eigenvalue weighted by Gasteiger charge is -2.15. The molecule has 0 aliphatic carbocycles. The number of likely N-dealkylation sites (tertiary alicyclic amines) is 1. The predicted octanol–water partition coefficient (Wildman–Crippen LogP) is 1.35. The van der Waals surface area contributed by atoms with Crippen molar-refractivity contribution in [1.82, 2.24) is 19.8 Å². The van der Waals surface area contributed by atoms with E-state index in [9.17, 15) is 4.79 Å². The minimum Gasteiger partial charge on any atom is -0.379 e. The Balaban J connectivity index is 1.73. The molecule has 3 heterocycles. The van der Waals surface area contributed by atoms with Crippen molar-refractivity contribution in [3.05, 3.63) is 35.0 Å². The van der Waals surface area contributed by atoms with Crippen LogP contribution in [0.15, 0.2) is 16.8 Å². The molecule has 0 saturated carbocycles. The Morgan fingerprint density at radius 3 is 2.78 bits per heavy atom. The Morgan fingerprint density at radius 2 is 2.22 bits per heavy atom. The van der Waals surface area contributed by atoms with Crippen LogP contribution < -0.4 is 0 Å². The van der Waals surface area contributed by atoms with Crippen molar-refractivity contribution in [2.45, 2.75) is 26.4 Å². The van der Waals surface area contributed by atoms with E-state index in [2.05, 4.69) is 10.3 Å². The van der Waals surface area contributed by atoms with Gasteiger partial charge in [0.1, 0.15) is 5.76 Å². The van der Waals surface area contributed by atoms with E-state index < -0.39 is 0 Å². The second-order valence-electron chi connectivity index (χ2n) is 6.15. The molecule has 23 heavy (non-hydrogen) atoms. The summed E-state index contributed by atoms with van der Waals surface area (Å²) < 4.78 is 12.6. The fourth-order valence-electron chi connectivity index (χ4n) is 3.12. The number of carbonyl (C=O) groups is 1. The molecule has 2 atom stereocenters. The van der Waals surface area contributed by atoms with Gasteiger partial charge in [0.25, 0.3) is 5.91 Å². The van der Waals surface area contributed by atoms with E-state index >= 15 is 0 Å². The topological polar surface area (TPSA) is 73.4 Å². The standard InChI is InChI=1S/C16H22N4O3/c1-10-5-13(23-18-10)6-12-8-20(9-15(12)22-4)16(21)14-7-17-19(3)11(14)2/h5,7,12,15H,6,8-9H2,1-4H3/t12-,15+/m1/s1. The number of amides is 1. The number of aryl methyl sites for hydroxylation is 2. The van der Waals surface area contributed by atoms with Gasteiger partial charge in [-0.15, -0.1) is 0 Å². The molecule has 0 spiro atoms. The molecule has 1 aliphatic rings. The largest absolute Gasteiger partial charge is 0.379 e. The summed E-state index contributed by atoms with van der Waals surface area (Å²) in [6, 6.07) is 1.93. The molecule has 0 radical (unpaired) electrons. The lowest BCUT2D eigenvalue weighted by Crippen LogP contribution is -2.30. The lowest BCUT2D eigenvalue weighted by molar-refractivity contribution is 0.0672. The van der Waals surface area contributed by atoms with Crippen LogP contribution in [0.1, 0.15) is 27.5 Å². The molecule has 1 aliphatic heterocycles. The highest BCUT2D eigenvalue weighted by molar-refractivity contribution is 5.95.